The molecule has 0 atom stereocenters. The molecule has 0 unspecified atom stereocenters. The molecule has 49 heavy (non-hydrogen) atoms. The molecule has 0 amide bonds. The molecule has 4 nitrogen and oxygen atoms in total. The van der Waals surface area contributed by atoms with Crippen LogP contribution < -0.4 is 0 Å². The van der Waals surface area contributed by atoms with Crippen LogP contribution >= 0.6 is 0 Å². The number of ketones is 1. The molecule has 2 aromatic heterocycles. The van der Waals surface area contributed by atoms with Crippen LogP contribution in [0, 0.1) is 24.8 Å². The molecular formula is C44H46IrNO3-. The number of hydrogen-bond acceptors (Lipinski definition) is 4. The van der Waals surface area contributed by atoms with E-state index in [0.717, 1.165) is 70.2 Å². The van der Waals surface area contributed by atoms with E-state index in [0.29, 0.717) is 0 Å². The van der Waals surface area contributed by atoms with Gasteiger partial charge in [-0.15, -0.1) is 23.3 Å². The number of aromatic nitrogens is 1. The molecule has 1 aliphatic rings. The zero-order valence-electron chi connectivity index (χ0n) is 29.6. The second-order valence-electron chi connectivity index (χ2n) is 13.6. The average molecular weight is 829 g/mol. The van der Waals surface area contributed by atoms with Gasteiger partial charge < -0.3 is 14.5 Å². The van der Waals surface area contributed by atoms with Gasteiger partial charge in [0.1, 0.15) is 11.2 Å². The fourth-order valence-corrected chi connectivity index (χ4v) is 7.50. The van der Waals surface area contributed by atoms with Crippen LogP contribution in [-0.4, -0.2) is 15.9 Å². The molecule has 0 aliphatic heterocycles. The Labute approximate surface area is 304 Å². The van der Waals surface area contributed by atoms with Gasteiger partial charge in [0.15, 0.2) is 5.78 Å². The van der Waals surface area contributed by atoms with Gasteiger partial charge in [-0.1, -0.05) is 119 Å². The zero-order valence-corrected chi connectivity index (χ0v) is 32.0. The number of hydrogen-bond donors (Lipinski definition) is 1. The monoisotopic (exact) mass is 829 g/mol. The van der Waals surface area contributed by atoms with Crippen molar-refractivity contribution >= 4 is 38.5 Å². The molecule has 0 saturated heterocycles. The smallest absolute Gasteiger partial charge is 0.162 e. The van der Waals surface area contributed by atoms with Gasteiger partial charge in [0.2, 0.25) is 0 Å². The van der Waals surface area contributed by atoms with Crippen LogP contribution in [0.5, 0.6) is 0 Å². The van der Waals surface area contributed by atoms with Crippen LogP contribution in [0.15, 0.2) is 95.2 Å². The number of rotatable bonds is 8. The number of aliphatic hydroxyl groups excluding tert-OH is 1. The maximum absolute atomic E-state index is 11.7. The normalized spacial score (nSPS) is 13.4. The number of nitrogens with zero attached hydrogens (tertiary/aromatic N) is 1. The topological polar surface area (TPSA) is 63.3 Å². The van der Waals surface area contributed by atoms with Gasteiger partial charge in [0, 0.05) is 71.8 Å². The number of aliphatic hydroxyl groups is 1. The van der Waals surface area contributed by atoms with Crippen molar-refractivity contribution < 1.29 is 34.4 Å². The Hall–Kier alpha value is -4.05. The number of carbonyl (C=O) groups excluding carboxylic acids is 1. The molecule has 2 heterocycles. The van der Waals surface area contributed by atoms with Crippen molar-refractivity contribution in [1.29, 1.82) is 0 Å². The fraction of sp³-hybridized carbons (Fsp3) is 0.318. The average Bonchev–Trinajstić information content (AvgIpc) is 3.47. The van der Waals surface area contributed by atoms with E-state index in [1.807, 2.05) is 33.9 Å². The first-order valence-corrected chi connectivity index (χ1v) is 17.4. The minimum atomic E-state index is -0.258. The third kappa shape index (κ3) is 6.40. The van der Waals surface area contributed by atoms with Crippen molar-refractivity contribution in [2.45, 2.75) is 79.6 Å². The van der Waals surface area contributed by atoms with Gasteiger partial charge in [-0.2, -0.15) is 0 Å². The van der Waals surface area contributed by atoms with E-state index >= 15 is 0 Å². The number of pyridine rings is 1. The van der Waals surface area contributed by atoms with Gasteiger partial charge >= 0.3 is 0 Å². The third-order valence-electron chi connectivity index (χ3n) is 10.4. The van der Waals surface area contributed by atoms with Crippen LogP contribution in [0.4, 0.5) is 0 Å². The third-order valence-corrected chi connectivity index (χ3v) is 10.4. The Morgan fingerprint density at radius 1 is 0.878 bits per heavy atom. The van der Waals surface area contributed by atoms with E-state index in [1.54, 1.807) is 0 Å². The zero-order chi connectivity index (χ0) is 34.2. The quantitative estimate of drug-likeness (QED) is 0.0943. The Balaban J connectivity index is 0.000000252. The minimum absolute atomic E-state index is 0. The van der Waals surface area contributed by atoms with Gasteiger partial charge in [-0.3, -0.25) is 4.79 Å². The maximum atomic E-state index is 11.7. The summed E-state index contributed by atoms with van der Waals surface area (Å²) in [4.78, 5) is 16.7. The molecule has 1 radical (unpaired) electrons. The summed E-state index contributed by atoms with van der Waals surface area (Å²) in [5.74, 6) is 0.547. The summed E-state index contributed by atoms with van der Waals surface area (Å²) in [7, 11) is 0. The fourth-order valence-electron chi connectivity index (χ4n) is 7.50. The van der Waals surface area contributed by atoms with Crippen LogP contribution in [-0.2, 0) is 30.3 Å². The first-order valence-electron chi connectivity index (χ1n) is 17.4. The van der Waals surface area contributed by atoms with E-state index in [4.69, 9.17) is 9.40 Å². The molecule has 255 valence electrons. The Bertz CT molecular complexity index is 2150. The Kier molecular flexibility index (Phi) is 11.0. The summed E-state index contributed by atoms with van der Waals surface area (Å²) in [6, 6.07) is 29.3. The van der Waals surface area contributed by atoms with E-state index in [-0.39, 0.29) is 48.9 Å². The van der Waals surface area contributed by atoms with Crippen molar-refractivity contribution in [2.75, 3.05) is 0 Å². The molecule has 7 rings (SSSR count). The van der Waals surface area contributed by atoms with Crippen molar-refractivity contribution in [3.8, 4) is 22.4 Å². The first-order chi connectivity index (χ1) is 23.2. The number of allylic oxidation sites excluding steroid dienone is 2. The molecule has 4 aromatic carbocycles. The molecule has 0 spiro atoms. The number of aryl methyl sites for hydroxylation is 1. The van der Waals surface area contributed by atoms with Crippen LogP contribution in [0.3, 0.4) is 0 Å². The number of carbonyl (C=O) groups is 1. The van der Waals surface area contributed by atoms with Crippen molar-refractivity contribution in [3.05, 3.63) is 114 Å². The number of benzene rings is 4. The molecule has 6 aromatic rings. The van der Waals surface area contributed by atoms with Crippen LogP contribution in [0.2, 0.25) is 0 Å². The predicted molar refractivity (Wildman–Crippen MR) is 199 cm³/mol. The van der Waals surface area contributed by atoms with Crippen molar-refractivity contribution in [3.63, 3.8) is 0 Å². The molecule has 0 saturated carbocycles. The van der Waals surface area contributed by atoms with E-state index in [1.165, 1.54) is 33.4 Å². The minimum Gasteiger partial charge on any atom is -0.512 e. The van der Waals surface area contributed by atoms with Crippen LogP contribution in [0.1, 0.15) is 83.9 Å². The summed E-state index contributed by atoms with van der Waals surface area (Å²) in [5.41, 5.74) is 9.52. The van der Waals surface area contributed by atoms with Crippen molar-refractivity contribution in [2.24, 2.45) is 11.8 Å². The largest absolute Gasteiger partial charge is 0.512 e. The second kappa shape index (κ2) is 14.8. The molecule has 1 N–H and O–H groups in total. The van der Waals surface area contributed by atoms with Crippen LogP contribution in [0.25, 0.3) is 55.1 Å². The van der Waals surface area contributed by atoms with Gasteiger partial charge in [-0.05, 0) is 49.1 Å². The van der Waals surface area contributed by atoms with E-state index in [9.17, 15) is 9.90 Å². The summed E-state index contributed by atoms with van der Waals surface area (Å²) < 4.78 is 6.67. The number of furan rings is 1. The van der Waals surface area contributed by atoms with E-state index in [2.05, 4.69) is 99.6 Å². The standard InChI is InChI=1S/C31H22NO.C13H24O2.Ir/c1-18-17-32-28-23-14-13-20-11-7-8-12-21(20)27(23)31(2,3)24-16-15-22(19-9-5-4-6-10-19)30-25(24)26(28)29(18)33-30;1-5-10(6-2)12(14)9-13(15)11(7-3)8-4;/h4-13,15-17H,1-3H3;9-11,14H,5-8H2,1-4H3;/q-1;;/b;12-9-;. The Morgan fingerprint density at radius 2 is 1.53 bits per heavy atom. The van der Waals surface area contributed by atoms with Gasteiger partial charge in [-0.25, -0.2) is 0 Å². The SMILES string of the molecule is CCC(CC)C(=O)/C=C(\O)C(CC)CC.Cc1cnc2c3c1oc1c(-c4ccccc4)ccc(c13)C(C)(C)c1c-2[c-]cc2ccccc12.[Ir]. The van der Waals surface area contributed by atoms with Gasteiger partial charge in [0.25, 0.3) is 0 Å². The van der Waals surface area contributed by atoms with Gasteiger partial charge in [0.05, 0.1) is 5.76 Å². The first kappa shape index (κ1) is 36.2. The Morgan fingerprint density at radius 3 is 2.20 bits per heavy atom. The molecular weight excluding hydrogens is 783 g/mol. The molecule has 0 fully saturated rings. The summed E-state index contributed by atoms with van der Waals surface area (Å²) >= 11 is 0. The maximum Gasteiger partial charge on any atom is 0.162 e. The van der Waals surface area contributed by atoms with Crippen molar-refractivity contribution in [1.82, 2.24) is 4.98 Å². The molecule has 0 bridgehead atoms. The second-order valence-corrected chi connectivity index (χ2v) is 13.6. The summed E-state index contributed by atoms with van der Waals surface area (Å²) in [6.07, 6.45) is 6.84. The summed E-state index contributed by atoms with van der Waals surface area (Å²) in [5, 5.41) is 14.5. The van der Waals surface area contributed by atoms with E-state index < -0.39 is 0 Å². The molecule has 5 heteroatoms. The molecule has 1 aliphatic carbocycles. The predicted octanol–water partition coefficient (Wildman–Crippen LogP) is 12.1. The number of fused-ring (bicyclic) bond motifs is 4. The summed E-state index contributed by atoms with van der Waals surface area (Å²) in [6.45, 7) is 14.8.